The summed E-state index contributed by atoms with van der Waals surface area (Å²) >= 11 is 0. The van der Waals surface area contributed by atoms with Gasteiger partial charge in [-0.15, -0.1) is 0 Å². The number of rotatable bonds is 6. The van der Waals surface area contributed by atoms with E-state index in [1.54, 1.807) is 0 Å². The lowest BCUT2D eigenvalue weighted by atomic mass is 10.0. The number of aryl methyl sites for hydroxylation is 1. The Morgan fingerprint density at radius 1 is 1.48 bits per heavy atom. The summed E-state index contributed by atoms with van der Waals surface area (Å²) in [6.45, 7) is 3.85. The first-order chi connectivity index (χ1) is 10.2. The fourth-order valence-electron chi connectivity index (χ4n) is 2.94. The van der Waals surface area contributed by atoms with Gasteiger partial charge in [0.25, 0.3) is 0 Å². The quantitative estimate of drug-likeness (QED) is 0.620. The average Bonchev–Trinajstić information content (AvgIpc) is 2.76. The van der Waals surface area contributed by atoms with Crippen LogP contribution < -0.4 is 10.6 Å². The Hall–Kier alpha value is -1.80. The first kappa shape index (κ1) is 15.6. The molecule has 0 spiro atoms. The Labute approximate surface area is 126 Å². The zero-order chi connectivity index (χ0) is 15.1. The summed E-state index contributed by atoms with van der Waals surface area (Å²) in [6, 6.07) is 2.44. The van der Waals surface area contributed by atoms with Gasteiger partial charge in [-0.25, -0.2) is 0 Å². The molecule has 1 aliphatic carbocycles. The molecule has 5 nitrogen and oxygen atoms in total. The van der Waals surface area contributed by atoms with Crippen LogP contribution in [0.4, 0.5) is 0 Å². The van der Waals surface area contributed by atoms with E-state index < -0.39 is 0 Å². The van der Waals surface area contributed by atoms with Crippen LogP contribution in [0.15, 0.2) is 12.4 Å². The molecule has 1 heterocycles. The van der Waals surface area contributed by atoms with Gasteiger partial charge in [-0.2, -0.15) is 5.26 Å². The van der Waals surface area contributed by atoms with Crippen LogP contribution in [0.2, 0.25) is 0 Å². The molecule has 1 aromatic heterocycles. The number of hydrogen-bond acceptors (Lipinski definition) is 3. The van der Waals surface area contributed by atoms with E-state index in [-0.39, 0.29) is 5.91 Å². The number of carbonyl (C=O) groups excluding carboxylic acids is 1. The molecule has 0 radical (unpaired) electrons. The Balaban J connectivity index is 2.01. The molecule has 1 unspecified atom stereocenters. The molecular formula is C16H24N4O. The van der Waals surface area contributed by atoms with E-state index in [0.29, 0.717) is 25.6 Å². The third-order valence-corrected chi connectivity index (χ3v) is 3.90. The van der Waals surface area contributed by atoms with E-state index in [9.17, 15) is 4.79 Å². The van der Waals surface area contributed by atoms with Crippen molar-refractivity contribution in [3.05, 3.63) is 23.5 Å². The van der Waals surface area contributed by atoms with Gasteiger partial charge in [0.15, 0.2) is 0 Å². The zero-order valence-electron chi connectivity index (χ0n) is 12.7. The number of aromatic nitrogens is 1. The molecule has 5 heteroatoms. The molecule has 2 N–H and O–H groups in total. The lowest BCUT2D eigenvalue weighted by Gasteiger charge is -2.15. The second-order valence-electron chi connectivity index (χ2n) is 5.53. The van der Waals surface area contributed by atoms with E-state index in [1.165, 1.54) is 30.4 Å². The molecule has 0 fully saturated rings. The molecule has 1 amide bonds. The molecule has 0 saturated carbocycles. The van der Waals surface area contributed by atoms with Gasteiger partial charge in [-0.05, 0) is 36.9 Å². The highest BCUT2D eigenvalue weighted by Crippen LogP contribution is 2.29. The fraction of sp³-hybridized carbons (Fsp3) is 0.625. The molecular weight excluding hydrogens is 264 g/mol. The van der Waals surface area contributed by atoms with Gasteiger partial charge < -0.3 is 15.2 Å². The second kappa shape index (κ2) is 7.84. The predicted molar refractivity (Wildman–Crippen MR) is 81.6 cm³/mol. The van der Waals surface area contributed by atoms with Crippen LogP contribution in [0.5, 0.6) is 0 Å². The van der Waals surface area contributed by atoms with E-state index in [1.807, 2.05) is 10.6 Å². The Morgan fingerprint density at radius 2 is 2.33 bits per heavy atom. The molecule has 1 aromatic rings. The van der Waals surface area contributed by atoms with Crippen molar-refractivity contribution >= 4 is 5.91 Å². The third kappa shape index (κ3) is 4.33. The van der Waals surface area contributed by atoms with Crippen molar-refractivity contribution in [3.63, 3.8) is 0 Å². The highest BCUT2D eigenvalue weighted by atomic mass is 16.1. The summed E-state index contributed by atoms with van der Waals surface area (Å²) in [5.74, 6) is -0.0320. The number of nitriles is 1. The standard InChI is InChI=1S/C16H24N4O/c1-2-18-15-7-4-3-6-13-10-20(11-14(13)15)12-16(21)19-9-5-8-17/h10-11,15,18H,2-7,9,12H2,1H3,(H,19,21). The average molecular weight is 288 g/mol. The largest absolute Gasteiger partial charge is 0.354 e. The number of carbonyl (C=O) groups is 1. The molecule has 1 aliphatic rings. The van der Waals surface area contributed by atoms with Gasteiger partial charge in [0, 0.05) is 25.0 Å². The Kier molecular flexibility index (Phi) is 5.82. The normalized spacial score (nSPS) is 17.6. The minimum atomic E-state index is -0.0320. The van der Waals surface area contributed by atoms with Crippen molar-refractivity contribution in [1.29, 1.82) is 5.26 Å². The van der Waals surface area contributed by atoms with Crippen molar-refractivity contribution in [2.45, 2.75) is 51.6 Å². The summed E-state index contributed by atoms with van der Waals surface area (Å²) < 4.78 is 1.97. The van der Waals surface area contributed by atoms with Crippen LogP contribution in [0, 0.1) is 11.3 Å². The predicted octanol–water partition coefficient (Wildman–Crippen LogP) is 1.89. The Morgan fingerprint density at radius 3 is 3.10 bits per heavy atom. The summed E-state index contributed by atoms with van der Waals surface area (Å²) in [5.41, 5.74) is 2.71. The van der Waals surface area contributed by atoms with Crippen molar-refractivity contribution in [3.8, 4) is 6.07 Å². The molecule has 0 saturated heterocycles. The number of nitrogens with zero attached hydrogens (tertiary/aromatic N) is 2. The summed E-state index contributed by atoms with van der Waals surface area (Å²) in [7, 11) is 0. The second-order valence-corrected chi connectivity index (χ2v) is 5.53. The molecule has 0 bridgehead atoms. The lowest BCUT2D eigenvalue weighted by Crippen LogP contribution is -2.27. The van der Waals surface area contributed by atoms with E-state index in [4.69, 9.17) is 5.26 Å². The van der Waals surface area contributed by atoms with Crippen LogP contribution in [0.3, 0.4) is 0 Å². The van der Waals surface area contributed by atoms with Crippen LogP contribution in [0.1, 0.15) is 49.8 Å². The number of hydrogen-bond donors (Lipinski definition) is 2. The van der Waals surface area contributed by atoms with Crippen molar-refractivity contribution < 1.29 is 4.79 Å². The van der Waals surface area contributed by atoms with E-state index >= 15 is 0 Å². The van der Waals surface area contributed by atoms with Gasteiger partial charge in [-0.3, -0.25) is 4.79 Å². The maximum atomic E-state index is 11.8. The minimum Gasteiger partial charge on any atom is -0.354 e. The highest BCUT2D eigenvalue weighted by molar-refractivity contribution is 5.75. The van der Waals surface area contributed by atoms with E-state index in [2.05, 4.69) is 30.0 Å². The third-order valence-electron chi connectivity index (χ3n) is 3.90. The topological polar surface area (TPSA) is 69.8 Å². The molecule has 21 heavy (non-hydrogen) atoms. The Bertz CT molecular complexity index is 515. The van der Waals surface area contributed by atoms with Gasteiger partial charge in [0.05, 0.1) is 12.5 Å². The van der Waals surface area contributed by atoms with Crippen LogP contribution in [-0.4, -0.2) is 23.6 Å². The maximum absolute atomic E-state index is 11.8. The van der Waals surface area contributed by atoms with Gasteiger partial charge in [-0.1, -0.05) is 13.3 Å². The van der Waals surface area contributed by atoms with Crippen LogP contribution in [-0.2, 0) is 17.8 Å². The van der Waals surface area contributed by atoms with Gasteiger partial charge in [0.1, 0.15) is 6.54 Å². The lowest BCUT2D eigenvalue weighted by molar-refractivity contribution is -0.121. The molecule has 114 valence electrons. The number of amides is 1. The van der Waals surface area contributed by atoms with Gasteiger partial charge >= 0.3 is 0 Å². The number of fused-ring (bicyclic) bond motifs is 1. The van der Waals surface area contributed by atoms with Crippen molar-refractivity contribution in [2.24, 2.45) is 0 Å². The van der Waals surface area contributed by atoms with Crippen LogP contribution in [0.25, 0.3) is 0 Å². The first-order valence-electron chi connectivity index (χ1n) is 7.80. The number of nitrogens with one attached hydrogen (secondary N) is 2. The zero-order valence-corrected chi connectivity index (χ0v) is 12.7. The monoisotopic (exact) mass is 288 g/mol. The molecule has 0 aliphatic heterocycles. The molecule has 1 atom stereocenters. The molecule has 0 aromatic carbocycles. The molecule has 2 rings (SSSR count). The minimum absolute atomic E-state index is 0.0320. The summed E-state index contributed by atoms with van der Waals surface area (Å²) in [6.07, 6.45) is 9.30. The maximum Gasteiger partial charge on any atom is 0.239 e. The summed E-state index contributed by atoms with van der Waals surface area (Å²) in [4.78, 5) is 11.8. The van der Waals surface area contributed by atoms with Crippen molar-refractivity contribution in [1.82, 2.24) is 15.2 Å². The summed E-state index contributed by atoms with van der Waals surface area (Å²) in [5, 5.41) is 14.8. The van der Waals surface area contributed by atoms with Gasteiger partial charge in [0.2, 0.25) is 5.91 Å². The highest BCUT2D eigenvalue weighted by Gasteiger charge is 2.20. The fourth-order valence-corrected chi connectivity index (χ4v) is 2.94. The van der Waals surface area contributed by atoms with E-state index in [0.717, 1.165) is 13.0 Å². The van der Waals surface area contributed by atoms with Crippen molar-refractivity contribution in [2.75, 3.05) is 13.1 Å². The SMILES string of the molecule is CCNC1CCCCc2cn(CC(=O)NCCC#N)cc21. The smallest absolute Gasteiger partial charge is 0.239 e. The van der Waals surface area contributed by atoms with Crippen LogP contribution >= 0.6 is 0 Å². The first-order valence-corrected chi connectivity index (χ1v) is 7.80.